The molecule has 0 amide bonds. The van der Waals surface area contributed by atoms with Gasteiger partial charge in [0.1, 0.15) is 16.5 Å². The van der Waals surface area contributed by atoms with Gasteiger partial charge in [0.2, 0.25) is 0 Å². The molecule has 0 atom stereocenters. The van der Waals surface area contributed by atoms with Crippen LogP contribution in [0.5, 0.6) is 11.6 Å². The van der Waals surface area contributed by atoms with Crippen LogP contribution in [0.25, 0.3) is 0 Å². The average molecular weight is 327 g/mol. The molecule has 1 aromatic carbocycles. The van der Waals surface area contributed by atoms with E-state index in [1.807, 2.05) is 0 Å². The minimum absolute atomic E-state index is 0.0365. The first kappa shape index (κ1) is 15.7. The molecule has 2 rings (SSSR count). The smallest absolute Gasteiger partial charge is 0.353 e. The van der Waals surface area contributed by atoms with Crippen molar-refractivity contribution in [3.05, 3.63) is 48.6 Å². The number of nitro benzene ring substituents is 1. The van der Waals surface area contributed by atoms with Crippen molar-refractivity contribution in [1.29, 1.82) is 0 Å². The van der Waals surface area contributed by atoms with Crippen molar-refractivity contribution in [3.63, 3.8) is 0 Å². The van der Waals surface area contributed by atoms with Gasteiger partial charge in [-0.2, -0.15) is 5.10 Å². The molecule has 0 bridgehead atoms. The third-order valence-electron chi connectivity index (χ3n) is 2.97. The first-order valence-corrected chi connectivity index (χ1v) is 6.40. The molecular weight excluding hydrogens is 316 g/mol. The molecule has 0 N–H and O–H groups in total. The number of aryl methyl sites for hydroxylation is 3. The lowest BCUT2D eigenvalue weighted by Gasteiger charge is -2.08. The van der Waals surface area contributed by atoms with E-state index in [4.69, 9.17) is 16.3 Å². The molecule has 1 heterocycles. The molecule has 0 spiro atoms. The molecule has 9 nitrogen and oxygen atoms in total. The molecular formula is C12H11ClN4O5. The van der Waals surface area contributed by atoms with Gasteiger partial charge in [-0.1, -0.05) is 11.6 Å². The van der Waals surface area contributed by atoms with E-state index in [-0.39, 0.29) is 33.7 Å². The fourth-order valence-corrected chi connectivity index (χ4v) is 2.23. The van der Waals surface area contributed by atoms with Crippen molar-refractivity contribution in [2.75, 3.05) is 0 Å². The van der Waals surface area contributed by atoms with Crippen molar-refractivity contribution < 1.29 is 14.6 Å². The summed E-state index contributed by atoms with van der Waals surface area (Å²) in [7, 11) is 1.48. The number of nitro groups is 2. The van der Waals surface area contributed by atoms with Crippen LogP contribution in [-0.2, 0) is 7.05 Å². The van der Waals surface area contributed by atoms with Crippen LogP contribution in [0, 0.1) is 34.1 Å². The zero-order valence-electron chi connectivity index (χ0n) is 11.9. The molecule has 0 aliphatic heterocycles. The summed E-state index contributed by atoms with van der Waals surface area (Å²) >= 11 is 5.79. The monoisotopic (exact) mass is 326 g/mol. The fourth-order valence-electron chi connectivity index (χ4n) is 1.95. The maximum atomic E-state index is 11.1. The van der Waals surface area contributed by atoms with E-state index >= 15 is 0 Å². The molecule has 2 aromatic rings. The molecule has 22 heavy (non-hydrogen) atoms. The van der Waals surface area contributed by atoms with Crippen LogP contribution >= 0.6 is 11.6 Å². The number of nitrogens with zero attached hydrogens (tertiary/aromatic N) is 4. The standard InChI is InChI=1S/C12H11ClN4O5/c1-6-4-8(13)9(16(18)19)5-10(6)22-12-11(17(20)21)7(2)14-15(12)3/h4-5H,1-3H3. The van der Waals surface area contributed by atoms with Gasteiger partial charge >= 0.3 is 5.69 Å². The Morgan fingerprint density at radius 1 is 1.23 bits per heavy atom. The molecule has 0 aliphatic carbocycles. The lowest BCUT2D eigenvalue weighted by Crippen LogP contribution is -1.99. The maximum Gasteiger partial charge on any atom is 0.353 e. The van der Waals surface area contributed by atoms with Gasteiger partial charge in [0.25, 0.3) is 11.6 Å². The number of hydrogen-bond donors (Lipinski definition) is 0. The Labute approximate surface area is 129 Å². The summed E-state index contributed by atoms with van der Waals surface area (Å²) in [6, 6.07) is 2.49. The van der Waals surface area contributed by atoms with Crippen LogP contribution in [0.4, 0.5) is 11.4 Å². The van der Waals surface area contributed by atoms with Gasteiger partial charge in [0.05, 0.1) is 15.9 Å². The van der Waals surface area contributed by atoms with Gasteiger partial charge in [-0.15, -0.1) is 0 Å². The third kappa shape index (κ3) is 2.70. The highest BCUT2D eigenvalue weighted by atomic mass is 35.5. The molecule has 0 radical (unpaired) electrons. The number of rotatable bonds is 4. The third-order valence-corrected chi connectivity index (χ3v) is 3.27. The van der Waals surface area contributed by atoms with Gasteiger partial charge in [-0.05, 0) is 25.5 Å². The molecule has 116 valence electrons. The average Bonchev–Trinajstić information content (AvgIpc) is 2.66. The van der Waals surface area contributed by atoms with E-state index < -0.39 is 9.85 Å². The molecule has 0 saturated carbocycles. The summed E-state index contributed by atoms with van der Waals surface area (Å²) in [5.41, 5.74) is 0.0516. The highest BCUT2D eigenvalue weighted by molar-refractivity contribution is 6.32. The van der Waals surface area contributed by atoms with Crippen LogP contribution in [0.2, 0.25) is 5.02 Å². The highest BCUT2D eigenvalue weighted by Crippen LogP contribution is 2.38. The van der Waals surface area contributed by atoms with Crippen molar-refractivity contribution >= 4 is 23.0 Å². The Morgan fingerprint density at radius 3 is 2.41 bits per heavy atom. The Balaban J connectivity index is 2.55. The predicted molar refractivity (Wildman–Crippen MR) is 77.5 cm³/mol. The molecule has 0 fully saturated rings. The Hall–Kier alpha value is -2.68. The van der Waals surface area contributed by atoms with E-state index in [1.165, 1.54) is 24.7 Å². The number of aromatic nitrogens is 2. The second kappa shape index (κ2) is 5.60. The fraction of sp³-hybridized carbons (Fsp3) is 0.250. The zero-order valence-corrected chi connectivity index (χ0v) is 12.6. The highest BCUT2D eigenvalue weighted by Gasteiger charge is 2.27. The normalized spacial score (nSPS) is 10.5. The van der Waals surface area contributed by atoms with E-state index in [2.05, 4.69) is 5.10 Å². The molecule has 0 saturated heterocycles. The summed E-state index contributed by atoms with van der Waals surface area (Å²) in [4.78, 5) is 20.8. The van der Waals surface area contributed by atoms with Gasteiger partial charge in [0, 0.05) is 7.05 Å². The number of ether oxygens (including phenoxy) is 1. The van der Waals surface area contributed by atoms with Crippen molar-refractivity contribution in [2.45, 2.75) is 13.8 Å². The summed E-state index contributed by atoms with van der Waals surface area (Å²) in [6.45, 7) is 3.10. The Morgan fingerprint density at radius 2 is 1.86 bits per heavy atom. The van der Waals surface area contributed by atoms with Crippen LogP contribution in [0.3, 0.4) is 0 Å². The van der Waals surface area contributed by atoms with Crippen LogP contribution < -0.4 is 4.74 Å². The molecule has 10 heteroatoms. The number of benzene rings is 1. The first-order chi connectivity index (χ1) is 10.2. The predicted octanol–water partition coefficient (Wildman–Crippen LogP) is 3.30. The van der Waals surface area contributed by atoms with Crippen molar-refractivity contribution in [1.82, 2.24) is 9.78 Å². The van der Waals surface area contributed by atoms with Gasteiger partial charge in [-0.3, -0.25) is 20.2 Å². The summed E-state index contributed by atoms with van der Waals surface area (Å²) in [6.07, 6.45) is 0. The number of halogens is 1. The minimum Gasteiger partial charge on any atom is -0.433 e. The Bertz CT molecular complexity index is 786. The van der Waals surface area contributed by atoms with Gasteiger partial charge < -0.3 is 4.74 Å². The summed E-state index contributed by atoms with van der Waals surface area (Å²) in [5, 5.41) is 25.9. The Kier molecular flexibility index (Phi) is 4.00. The van der Waals surface area contributed by atoms with Crippen LogP contribution in [-0.4, -0.2) is 19.6 Å². The lowest BCUT2D eigenvalue weighted by atomic mass is 10.2. The second-order valence-corrected chi connectivity index (χ2v) is 4.96. The largest absolute Gasteiger partial charge is 0.433 e. The second-order valence-electron chi connectivity index (χ2n) is 4.55. The maximum absolute atomic E-state index is 11.1. The lowest BCUT2D eigenvalue weighted by molar-refractivity contribution is -0.386. The molecule has 1 aromatic heterocycles. The number of hydrogen-bond acceptors (Lipinski definition) is 6. The molecule has 0 aliphatic rings. The van der Waals surface area contributed by atoms with Gasteiger partial charge in [-0.25, -0.2) is 4.68 Å². The summed E-state index contributed by atoms with van der Waals surface area (Å²) < 4.78 is 6.70. The van der Waals surface area contributed by atoms with Gasteiger partial charge in [0.15, 0.2) is 0 Å². The SMILES string of the molecule is Cc1cc(Cl)c([N+](=O)[O-])cc1Oc1c([N+](=O)[O-])c(C)nn1C. The van der Waals surface area contributed by atoms with E-state index in [1.54, 1.807) is 6.92 Å². The van der Waals surface area contributed by atoms with E-state index in [0.717, 1.165) is 6.07 Å². The van der Waals surface area contributed by atoms with E-state index in [0.29, 0.717) is 5.56 Å². The molecule has 0 unspecified atom stereocenters. The van der Waals surface area contributed by atoms with Crippen molar-refractivity contribution in [2.24, 2.45) is 7.05 Å². The minimum atomic E-state index is -0.655. The first-order valence-electron chi connectivity index (χ1n) is 6.02. The van der Waals surface area contributed by atoms with Crippen molar-refractivity contribution in [3.8, 4) is 11.6 Å². The quantitative estimate of drug-likeness (QED) is 0.629. The van der Waals surface area contributed by atoms with Crippen LogP contribution in [0.15, 0.2) is 12.1 Å². The summed E-state index contributed by atoms with van der Waals surface area (Å²) in [5.74, 6) is -0.00980. The zero-order chi connectivity index (χ0) is 16.6. The van der Waals surface area contributed by atoms with Crippen LogP contribution in [0.1, 0.15) is 11.3 Å². The topological polar surface area (TPSA) is 113 Å². The van der Waals surface area contributed by atoms with E-state index in [9.17, 15) is 20.2 Å².